The van der Waals surface area contributed by atoms with E-state index in [0.717, 1.165) is 5.56 Å². The fourth-order valence-corrected chi connectivity index (χ4v) is 1.66. The lowest BCUT2D eigenvalue weighted by molar-refractivity contribution is -0.144. The highest BCUT2D eigenvalue weighted by molar-refractivity contribution is 5.48. The number of halogens is 3. The van der Waals surface area contributed by atoms with Crippen molar-refractivity contribution in [2.75, 3.05) is 10.7 Å². The van der Waals surface area contributed by atoms with Crippen LogP contribution in [0.2, 0.25) is 0 Å². The van der Waals surface area contributed by atoms with Gasteiger partial charge >= 0.3 is 6.18 Å². The molecule has 2 aromatic rings. The molecule has 0 saturated heterocycles. The van der Waals surface area contributed by atoms with E-state index in [4.69, 9.17) is 5.84 Å². The van der Waals surface area contributed by atoms with Gasteiger partial charge in [-0.2, -0.15) is 13.2 Å². The molecule has 4 N–H and O–H groups in total. The summed E-state index contributed by atoms with van der Waals surface area (Å²) in [6.45, 7) is 1.78. The molecule has 21 heavy (non-hydrogen) atoms. The molecule has 112 valence electrons. The zero-order chi connectivity index (χ0) is 15.5. The predicted octanol–water partition coefficient (Wildman–Crippen LogP) is 2.35. The number of alkyl halides is 3. The van der Waals surface area contributed by atoms with Crippen LogP contribution >= 0.6 is 0 Å². The van der Waals surface area contributed by atoms with Crippen LogP contribution in [0.3, 0.4) is 0 Å². The predicted molar refractivity (Wildman–Crippen MR) is 71.1 cm³/mol. The van der Waals surface area contributed by atoms with Gasteiger partial charge in [-0.25, -0.2) is 15.8 Å². The second-order valence-corrected chi connectivity index (χ2v) is 4.26. The largest absolute Gasteiger partial charge is 0.451 e. The van der Waals surface area contributed by atoms with Crippen LogP contribution in [-0.4, -0.2) is 15.0 Å². The number of hydrogen-bond acceptors (Lipinski definition) is 6. The lowest BCUT2D eigenvalue weighted by atomic mass is 10.1. The van der Waals surface area contributed by atoms with Crippen LogP contribution in [0.25, 0.3) is 0 Å². The summed E-state index contributed by atoms with van der Waals surface area (Å²) < 4.78 is 38.1. The maximum Gasteiger partial charge on any atom is 0.451 e. The van der Waals surface area contributed by atoms with Gasteiger partial charge < -0.3 is 10.7 Å². The molecule has 1 atom stereocenters. The van der Waals surface area contributed by atoms with E-state index < -0.39 is 12.0 Å². The Morgan fingerprint density at radius 3 is 2.52 bits per heavy atom. The summed E-state index contributed by atoms with van der Waals surface area (Å²) in [7, 11) is 0. The van der Waals surface area contributed by atoms with Gasteiger partial charge in [0, 0.05) is 18.5 Å². The topological polar surface area (TPSA) is 88.8 Å². The molecule has 0 bridgehead atoms. The number of pyridine rings is 1. The van der Waals surface area contributed by atoms with Gasteiger partial charge in [-0.1, -0.05) is 6.07 Å². The Kier molecular flexibility index (Phi) is 4.22. The van der Waals surface area contributed by atoms with Crippen molar-refractivity contribution in [2.24, 2.45) is 5.84 Å². The molecule has 0 radical (unpaired) electrons. The molecule has 2 aromatic heterocycles. The molecule has 0 aromatic carbocycles. The van der Waals surface area contributed by atoms with Gasteiger partial charge in [0.2, 0.25) is 5.82 Å². The van der Waals surface area contributed by atoms with Crippen molar-refractivity contribution in [3.63, 3.8) is 0 Å². The molecule has 0 fully saturated rings. The number of aromatic nitrogens is 3. The number of anilines is 2. The zero-order valence-corrected chi connectivity index (χ0v) is 11.0. The highest BCUT2D eigenvalue weighted by atomic mass is 19.4. The van der Waals surface area contributed by atoms with E-state index in [0.29, 0.717) is 0 Å². The summed E-state index contributed by atoms with van der Waals surface area (Å²) in [6, 6.07) is 4.56. The highest BCUT2D eigenvalue weighted by Crippen LogP contribution is 2.29. The van der Waals surface area contributed by atoms with E-state index in [1.54, 1.807) is 31.5 Å². The summed E-state index contributed by atoms with van der Waals surface area (Å²) in [5.74, 6) is 3.75. The summed E-state index contributed by atoms with van der Waals surface area (Å²) in [4.78, 5) is 10.7. The molecule has 0 amide bonds. The SMILES string of the molecule is CC(Nc1cc(NN)nc(C(F)(F)F)n1)c1cccnc1. The van der Waals surface area contributed by atoms with Gasteiger partial charge in [0.25, 0.3) is 0 Å². The summed E-state index contributed by atoms with van der Waals surface area (Å²) in [6.07, 6.45) is -1.43. The molecular formula is C12H13F3N6. The molecule has 9 heteroatoms. The van der Waals surface area contributed by atoms with Crippen LogP contribution in [0.1, 0.15) is 24.4 Å². The first-order valence-corrected chi connectivity index (χ1v) is 5.99. The molecule has 0 aliphatic carbocycles. The minimum absolute atomic E-state index is 0.0154. The summed E-state index contributed by atoms with van der Waals surface area (Å²) >= 11 is 0. The highest BCUT2D eigenvalue weighted by Gasteiger charge is 2.35. The minimum atomic E-state index is -4.65. The van der Waals surface area contributed by atoms with Gasteiger partial charge in [0.15, 0.2) is 0 Å². The van der Waals surface area contributed by atoms with E-state index >= 15 is 0 Å². The number of hydrogen-bond donors (Lipinski definition) is 3. The Morgan fingerprint density at radius 1 is 1.24 bits per heavy atom. The van der Waals surface area contributed by atoms with E-state index in [-0.39, 0.29) is 17.7 Å². The summed E-state index contributed by atoms with van der Waals surface area (Å²) in [5, 5.41) is 2.86. The Balaban J connectivity index is 2.27. The normalized spacial score (nSPS) is 12.8. The number of rotatable bonds is 4. The van der Waals surface area contributed by atoms with Gasteiger partial charge in [0.05, 0.1) is 6.04 Å². The minimum Gasteiger partial charge on any atom is -0.363 e. The molecule has 1 unspecified atom stereocenters. The van der Waals surface area contributed by atoms with Crippen molar-refractivity contribution in [3.8, 4) is 0 Å². The van der Waals surface area contributed by atoms with Crippen LogP contribution < -0.4 is 16.6 Å². The summed E-state index contributed by atoms with van der Waals surface area (Å²) in [5.41, 5.74) is 2.90. The molecular weight excluding hydrogens is 285 g/mol. The lowest BCUT2D eigenvalue weighted by Gasteiger charge is -2.16. The van der Waals surface area contributed by atoms with E-state index in [1.807, 2.05) is 0 Å². The molecule has 2 rings (SSSR count). The van der Waals surface area contributed by atoms with Crippen LogP contribution in [-0.2, 0) is 6.18 Å². The van der Waals surface area contributed by atoms with E-state index in [1.165, 1.54) is 6.07 Å². The van der Waals surface area contributed by atoms with Crippen LogP contribution in [0.5, 0.6) is 0 Å². The average Bonchev–Trinajstić information content (AvgIpc) is 2.46. The fraction of sp³-hybridized carbons (Fsp3) is 0.250. The van der Waals surface area contributed by atoms with Gasteiger partial charge in [-0.3, -0.25) is 4.98 Å². The Bertz CT molecular complexity index is 602. The third-order valence-corrected chi connectivity index (χ3v) is 2.68. The van der Waals surface area contributed by atoms with Gasteiger partial charge in [0.1, 0.15) is 11.6 Å². The van der Waals surface area contributed by atoms with Crippen LogP contribution in [0, 0.1) is 0 Å². The number of nitrogen functional groups attached to an aromatic ring is 1. The quantitative estimate of drug-likeness (QED) is 0.593. The van der Waals surface area contributed by atoms with Crippen molar-refractivity contribution in [1.29, 1.82) is 0 Å². The second-order valence-electron chi connectivity index (χ2n) is 4.26. The second kappa shape index (κ2) is 5.92. The van der Waals surface area contributed by atoms with Crippen molar-refractivity contribution in [3.05, 3.63) is 42.0 Å². The third kappa shape index (κ3) is 3.78. The zero-order valence-electron chi connectivity index (χ0n) is 11.0. The molecule has 0 saturated carbocycles. The molecule has 2 heterocycles. The number of nitrogens with two attached hydrogens (primary N) is 1. The van der Waals surface area contributed by atoms with Crippen molar-refractivity contribution in [2.45, 2.75) is 19.1 Å². The first kappa shape index (κ1) is 15.0. The van der Waals surface area contributed by atoms with E-state index in [2.05, 4.69) is 25.7 Å². The van der Waals surface area contributed by atoms with Gasteiger partial charge in [-0.15, -0.1) is 0 Å². The Hall–Kier alpha value is -2.42. The van der Waals surface area contributed by atoms with Crippen molar-refractivity contribution in [1.82, 2.24) is 15.0 Å². The third-order valence-electron chi connectivity index (χ3n) is 2.68. The lowest BCUT2D eigenvalue weighted by Crippen LogP contribution is -2.18. The standard InChI is InChI=1S/C12H13F3N6/c1-7(8-3-2-4-17-6-8)18-9-5-10(21-16)20-11(19-9)12(13,14)15/h2-7H,16H2,1H3,(H2,18,19,20,21). The van der Waals surface area contributed by atoms with Crippen LogP contribution in [0.4, 0.5) is 24.8 Å². The van der Waals surface area contributed by atoms with Crippen molar-refractivity contribution >= 4 is 11.6 Å². The maximum atomic E-state index is 12.7. The first-order valence-electron chi connectivity index (χ1n) is 5.99. The average molecular weight is 298 g/mol. The fourth-order valence-electron chi connectivity index (χ4n) is 1.66. The molecule has 0 aliphatic heterocycles. The molecule has 6 nitrogen and oxygen atoms in total. The van der Waals surface area contributed by atoms with Crippen molar-refractivity contribution < 1.29 is 13.2 Å². The van der Waals surface area contributed by atoms with E-state index in [9.17, 15) is 13.2 Å². The maximum absolute atomic E-state index is 12.7. The smallest absolute Gasteiger partial charge is 0.363 e. The first-order chi connectivity index (χ1) is 9.90. The number of nitrogens with zero attached hydrogens (tertiary/aromatic N) is 3. The molecule has 0 aliphatic rings. The Morgan fingerprint density at radius 2 is 1.95 bits per heavy atom. The van der Waals surface area contributed by atoms with Gasteiger partial charge in [-0.05, 0) is 18.6 Å². The monoisotopic (exact) mass is 298 g/mol. The number of nitrogens with one attached hydrogen (secondary N) is 2. The molecule has 0 spiro atoms. The Labute approximate surface area is 118 Å². The number of hydrazine groups is 1. The van der Waals surface area contributed by atoms with Crippen LogP contribution in [0.15, 0.2) is 30.6 Å².